The molecule has 1 atom stereocenters. The van der Waals surface area contributed by atoms with Gasteiger partial charge in [-0.1, -0.05) is 42.5 Å². The Kier molecular flexibility index (Phi) is 4.55. The van der Waals surface area contributed by atoms with Crippen molar-refractivity contribution in [3.05, 3.63) is 111 Å². The summed E-state index contributed by atoms with van der Waals surface area (Å²) >= 11 is 0. The number of anilines is 1. The second kappa shape index (κ2) is 7.62. The molecule has 1 N–H and O–H groups in total. The molecule has 5 aromatic rings. The summed E-state index contributed by atoms with van der Waals surface area (Å²) in [4.78, 5) is 31.3. The molecule has 1 aliphatic rings. The third-order valence-corrected chi connectivity index (χ3v) is 6.27. The molecule has 8 heteroatoms. The minimum atomic E-state index is -0.762. The Bertz CT molecular complexity index is 1650. The van der Waals surface area contributed by atoms with Crippen molar-refractivity contribution in [1.82, 2.24) is 14.0 Å². The van der Waals surface area contributed by atoms with Crippen molar-refractivity contribution in [2.24, 2.45) is 0 Å². The summed E-state index contributed by atoms with van der Waals surface area (Å²) < 4.78 is 31.5. The highest BCUT2D eigenvalue weighted by Crippen LogP contribution is 2.37. The maximum absolute atomic E-state index is 14.8. The van der Waals surface area contributed by atoms with Gasteiger partial charge in [-0.15, -0.1) is 0 Å². The lowest BCUT2D eigenvalue weighted by molar-refractivity contribution is -0.116. The SMILES string of the molecule is O=C1C[C@@H](c2ccccc2F)c2c(n3c4ccccc4nc3n(Cc3ccc(F)cc3)c2=O)N1. The number of halogens is 2. The summed E-state index contributed by atoms with van der Waals surface area (Å²) in [5.74, 6) is -1.29. The number of hydrogen-bond acceptors (Lipinski definition) is 3. The number of para-hydroxylation sites is 2. The molecule has 3 heterocycles. The molecular weight excluding hydrogens is 438 g/mol. The van der Waals surface area contributed by atoms with Crippen LogP contribution in [0.15, 0.2) is 77.6 Å². The van der Waals surface area contributed by atoms with Gasteiger partial charge in [0.1, 0.15) is 17.5 Å². The van der Waals surface area contributed by atoms with E-state index >= 15 is 0 Å². The molecule has 168 valence electrons. The molecule has 0 radical (unpaired) electrons. The molecule has 3 aromatic carbocycles. The second-order valence-corrected chi connectivity index (χ2v) is 8.34. The summed E-state index contributed by atoms with van der Waals surface area (Å²) in [5.41, 5.74) is 2.26. The third kappa shape index (κ3) is 3.10. The van der Waals surface area contributed by atoms with Crippen molar-refractivity contribution in [2.45, 2.75) is 18.9 Å². The van der Waals surface area contributed by atoms with Gasteiger partial charge in [0.15, 0.2) is 0 Å². The van der Waals surface area contributed by atoms with Crippen molar-refractivity contribution < 1.29 is 13.6 Å². The Balaban J connectivity index is 1.70. The number of imidazole rings is 1. The number of nitrogens with zero attached hydrogens (tertiary/aromatic N) is 3. The van der Waals surface area contributed by atoms with Crippen LogP contribution in [0.25, 0.3) is 16.8 Å². The highest BCUT2D eigenvalue weighted by atomic mass is 19.1. The van der Waals surface area contributed by atoms with Crippen LogP contribution in [-0.2, 0) is 11.3 Å². The van der Waals surface area contributed by atoms with Crippen molar-refractivity contribution in [3.8, 4) is 0 Å². The first-order chi connectivity index (χ1) is 16.5. The smallest absolute Gasteiger partial charge is 0.261 e. The number of carbonyl (C=O) groups excluding carboxylic acids is 1. The quantitative estimate of drug-likeness (QED) is 0.436. The molecule has 0 aliphatic carbocycles. The Morgan fingerprint density at radius 3 is 2.47 bits per heavy atom. The van der Waals surface area contributed by atoms with Crippen LogP contribution in [0.2, 0.25) is 0 Å². The Morgan fingerprint density at radius 2 is 1.68 bits per heavy atom. The number of nitrogens with one attached hydrogen (secondary N) is 1. The van der Waals surface area contributed by atoms with E-state index in [1.165, 1.54) is 22.8 Å². The van der Waals surface area contributed by atoms with E-state index in [9.17, 15) is 18.4 Å². The minimum Gasteiger partial charge on any atom is -0.311 e. The first-order valence-corrected chi connectivity index (χ1v) is 10.8. The monoisotopic (exact) mass is 456 g/mol. The van der Waals surface area contributed by atoms with Crippen LogP contribution in [-0.4, -0.2) is 19.9 Å². The number of rotatable bonds is 3. The number of aromatic nitrogens is 3. The van der Waals surface area contributed by atoms with E-state index in [0.29, 0.717) is 33.8 Å². The zero-order chi connectivity index (χ0) is 23.4. The van der Waals surface area contributed by atoms with Crippen LogP contribution in [0, 0.1) is 11.6 Å². The van der Waals surface area contributed by atoms with E-state index in [-0.39, 0.29) is 35.8 Å². The number of hydrogen-bond donors (Lipinski definition) is 1. The van der Waals surface area contributed by atoms with E-state index in [4.69, 9.17) is 0 Å². The zero-order valence-corrected chi connectivity index (χ0v) is 17.8. The van der Waals surface area contributed by atoms with Crippen LogP contribution in [0.3, 0.4) is 0 Å². The van der Waals surface area contributed by atoms with Crippen molar-refractivity contribution in [2.75, 3.05) is 5.32 Å². The third-order valence-electron chi connectivity index (χ3n) is 6.27. The van der Waals surface area contributed by atoms with Gasteiger partial charge in [0.25, 0.3) is 5.56 Å². The van der Waals surface area contributed by atoms with Crippen LogP contribution < -0.4 is 10.9 Å². The van der Waals surface area contributed by atoms with E-state index in [1.54, 1.807) is 34.7 Å². The number of fused-ring (bicyclic) bond motifs is 5. The number of carbonyl (C=O) groups is 1. The Hall–Kier alpha value is -4.33. The molecule has 34 heavy (non-hydrogen) atoms. The Labute approximate surface area is 192 Å². The van der Waals surface area contributed by atoms with E-state index in [0.717, 1.165) is 0 Å². The molecule has 0 unspecified atom stereocenters. The maximum Gasteiger partial charge on any atom is 0.261 e. The van der Waals surface area contributed by atoms with E-state index in [1.807, 2.05) is 24.3 Å². The van der Waals surface area contributed by atoms with Gasteiger partial charge in [0.05, 0.1) is 23.1 Å². The van der Waals surface area contributed by atoms with Gasteiger partial charge in [-0.3, -0.25) is 18.6 Å². The van der Waals surface area contributed by atoms with Gasteiger partial charge in [-0.05, 0) is 41.5 Å². The van der Waals surface area contributed by atoms with Crippen molar-refractivity contribution in [1.29, 1.82) is 0 Å². The van der Waals surface area contributed by atoms with Crippen LogP contribution in [0.4, 0.5) is 14.6 Å². The summed E-state index contributed by atoms with van der Waals surface area (Å²) in [7, 11) is 0. The second-order valence-electron chi connectivity index (χ2n) is 8.34. The lowest BCUT2D eigenvalue weighted by Gasteiger charge is -2.27. The van der Waals surface area contributed by atoms with Crippen molar-refractivity contribution >= 4 is 28.5 Å². The fraction of sp³-hybridized carbons (Fsp3) is 0.115. The number of benzene rings is 3. The predicted octanol–water partition coefficient (Wildman–Crippen LogP) is 4.45. The highest BCUT2D eigenvalue weighted by molar-refractivity contribution is 5.96. The van der Waals surface area contributed by atoms with Gasteiger partial charge < -0.3 is 5.32 Å². The van der Waals surface area contributed by atoms with Crippen LogP contribution in [0.5, 0.6) is 0 Å². The topological polar surface area (TPSA) is 68.4 Å². The average molecular weight is 456 g/mol. The lowest BCUT2D eigenvalue weighted by atomic mass is 9.86. The van der Waals surface area contributed by atoms with Gasteiger partial charge in [0.2, 0.25) is 11.7 Å². The summed E-state index contributed by atoms with van der Waals surface area (Å²) in [5, 5.41) is 2.84. The molecule has 0 bridgehead atoms. The predicted molar refractivity (Wildman–Crippen MR) is 124 cm³/mol. The van der Waals surface area contributed by atoms with Gasteiger partial charge in [-0.25, -0.2) is 13.8 Å². The molecule has 0 fully saturated rings. The van der Waals surface area contributed by atoms with Crippen LogP contribution in [0.1, 0.15) is 29.0 Å². The summed E-state index contributed by atoms with van der Waals surface area (Å²) in [6.07, 6.45) is -0.0577. The normalized spacial score (nSPS) is 15.5. The molecule has 1 amide bonds. The minimum absolute atomic E-state index is 0.0577. The molecule has 1 aliphatic heterocycles. The summed E-state index contributed by atoms with van der Waals surface area (Å²) in [6.45, 7) is 0.136. The maximum atomic E-state index is 14.8. The standard InChI is InChI=1S/C26H18F2N4O2/c27-16-11-9-15(10-12-16)14-31-25(34)23-18(17-5-1-2-6-19(17)28)13-22(33)30-24(23)32-21-8-4-3-7-20(21)29-26(31)32/h1-12,18H,13-14H2,(H,30,33)/t18-/m0/s1. The van der Waals surface area contributed by atoms with Crippen LogP contribution >= 0.6 is 0 Å². The zero-order valence-electron chi connectivity index (χ0n) is 17.8. The molecule has 0 saturated carbocycles. The lowest BCUT2D eigenvalue weighted by Crippen LogP contribution is -2.36. The molecule has 6 nitrogen and oxygen atoms in total. The average Bonchev–Trinajstić information content (AvgIpc) is 3.22. The molecule has 6 rings (SSSR count). The molecular formula is C26H18F2N4O2. The molecule has 2 aromatic heterocycles. The fourth-order valence-electron chi connectivity index (χ4n) is 4.72. The van der Waals surface area contributed by atoms with Gasteiger partial charge >= 0.3 is 0 Å². The van der Waals surface area contributed by atoms with Gasteiger partial charge in [0, 0.05) is 12.3 Å². The molecule has 0 saturated heterocycles. The van der Waals surface area contributed by atoms with Gasteiger partial charge in [-0.2, -0.15) is 0 Å². The summed E-state index contributed by atoms with van der Waals surface area (Å²) in [6, 6.07) is 19.4. The van der Waals surface area contributed by atoms with E-state index < -0.39 is 11.7 Å². The Morgan fingerprint density at radius 1 is 0.941 bits per heavy atom. The first-order valence-electron chi connectivity index (χ1n) is 10.8. The number of amides is 1. The largest absolute Gasteiger partial charge is 0.311 e. The first kappa shape index (κ1) is 20.3. The fourth-order valence-corrected chi connectivity index (χ4v) is 4.72. The van der Waals surface area contributed by atoms with E-state index in [2.05, 4.69) is 10.3 Å². The molecule has 0 spiro atoms. The highest BCUT2D eigenvalue weighted by Gasteiger charge is 2.34. The van der Waals surface area contributed by atoms with Crippen molar-refractivity contribution in [3.63, 3.8) is 0 Å².